The molecule has 1 fully saturated rings. The summed E-state index contributed by atoms with van der Waals surface area (Å²) >= 11 is 0. The van der Waals surface area contributed by atoms with E-state index in [1.807, 2.05) is 41.0 Å². The first-order chi connectivity index (χ1) is 20.7. The average molecular weight is 581 g/mol. The molecule has 5 rings (SSSR count). The Balaban J connectivity index is 1.33. The maximum atomic E-state index is 12.9. The second-order valence-electron chi connectivity index (χ2n) is 11.6. The first-order valence-electron chi connectivity index (χ1n) is 14.7. The van der Waals surface area contributed by atoms with Gasteiger partial charge in [-0.25, -0.2) is 4.98 Å². The molecule has 0 radical (unpaired) electrons. The molecule has 0 atom stereocenters. The minimum atomic E-state index is -0.307. The van der Waals surface area contributed by atoms with Gasteiger partial charge in [0.1, 0.15) is 11.6 Å². The summed E-state index contributed by atoms with van der Waals surface area (Å²) in [6, 6.07) is 17.2. The zero-order valence-electron chi connectivity index (χ0n) is 25.2. The molecule has 43 heavy (non-hydrogen) atoms. The van der Waals surface area contributed by atoms with Crippen molar-refractivity contribution in [3.05, 3.63) is 84.6 Å². The number of amides is 2. The van der Waals surface area contributed by atoms with E-state index in [-0.39, 0.29) is 17.7 Å². The van der Waals surface area contributed by atoms with Crippen LogP contribution in [0.5, 0.6) is 0 Å². The van der Waals surface area contributed by atoms with Gasteiger partial charge in [-0.2, -0.15) is 9.61 Å². The molecular formula is C33H40N8O2. The third-order valence-electron chi connectivity index (χ3n) is 7.89. The van der Waals surface area contributed by atoms with Crippen LogP contribution in [0.3, 0.4) is 0 Å². The molecule has 4 aromatic rings. The van der Waals surface area contributed by atoms with Crippen molar-refractivity contribution >= 4 is 46.2 Å². The summed E-state index contributed by atoms with van der Waals surface area (Å²) < 4.78 is 1.83. The van der Waals surface area contributed by atoms with Crippen LogP contribution in [-0.4, -0.2) is 57.5 Å². The van der Waals surface area contributed by atoms with Crippen LogP contribution in [0.4, 0.5) is 28.7 Å². The van der Waals surface area contributed by atoms with Crippen LogP contribution >= 0.6 is 0 Å². The summed E-state index contributed by atoms with van der Waals surface area (Å²) in [5.74, 6) is 1.31. The van der Waals surface area contributed by atoms with Gasteiger partial charge in [-0.05, 0) is 94.2 Å². The quantitative estimate of drug-likeness (QED) is 0.164. The van der Waals surface area contributed by atoms with Gasteiger partial charge in [0, 0.05) is 46.3 Å². The van der Waals surface area contributed by atoms with Crippen LogP contribution < -0.4 is 21.3 Å². The summed E-state index contributed by atoms with van der Waals surface area (Å²) in [5.41, 5.74) is 4.40. The number of hydrogen-bond acceptors (Lipinski definition) is 7. The van der Waals surface area contributed by atoms with E-state index in [9.17, 15) is 9.59 Å². The number of benzene rings is 2. The Labute approximate surface area is 252 Å². The van der Waals surface area contributed by atoms with E-state index in [4.69, 9.17) is 4.98 Å². The number of rotatable bonds is 10. The fourth-order valence-electron chi connectivity index (χ4n) is 5.42. The van der Waals surface area contributed by atoms with Crippen molar-refractivity contribution < 1.29 is 9.59 Å². The molecule has 2 aromatic heterocycles. The lowest BCUT2D eigenvalue weighted by Gasteiger charge is -2.33. The van der Waals surface area contributed by atoms with E-state index in [0.717, 1.165) is 54.2 Å². The second kappa shape index (κ2) is 13.1. The lowest BCUT2D eigenvalue weighted by molar-refractivity contribution is -0.111. The van der Waals surface area contributed by atoms with Gasteiger partial charge in [0.05, 0.1) is 6.20 Å². The molecule has 0 unspecified atom stereocenters. The maximum absolute atomic E-state index is 12.9. The Morgan fingerprint density at radius 3 is 2.37 bits per heavy atom. The number of hydrogen-bond donors (Lipinski definition) is 4. The van der Waals surface area contributed by atoms with Crippen LogP contribution in [0.1, 0.15) is 61.4 Å². The Hall–Kier alpha value is -4.70. The summed E-state index contributed by atoms with van der Waals surface area (Å²) in [4.78, 5) is 31.8. The zero-order chi connectivity index (χ0) is 30.5. The molecule has 1 aliphatic rings. The SMILES string of the molecule is C=CC(=O)Nc1ccc(C(=O)Nc2cccc(Nc3cc(N[C@H]4CC[C@H](N(C)C)CC4)nc4c(C(C)C)cnn34)c2)cc1. The van der Waals surface area contributed by atoms with Crippen LogP contribution in [0, 0.1) is 0 Å². The highest BCUT2D eigenvalue weighted by atomic mass is 16.2. The van der Waals surface area contributed by atoms with Crippen molar-refractivity contribution in [2.24, 2.45) is 0 Å². The normalized spacial score (nSPS) is 16.7. The fourth-order valence-corrected chi connectivity index (χ4v) is 5.42. The van der Waals surface area contributed by atoms with Gasteiger partial charge in [0.2, 0.25) is 5.91 Å². The van der Waals surface area contributed by atoms with Gasteiger partial charge < -0.3 is 26.2 Å². The predicted molar refractivity (Wildman–Crippen MR) is 173 cm³/mol. The maximum Gasteiger partial charge on any atom is 0.255 e. The van der Waals surface area contributed by atoms with E-state index in [1.165, 1.54) is 6.08 Å². The third kappa shape index (κ3) is 7.21. The summed E-state index contributed by atoms with van der Waals surface area (Å²) in [6.45, 7) is 7.74. The van der Waals surface area contributed by atoms with E-state index in [1.54, 1.807) is 24.3 Å². The van der Waals surface area contributed by atoms with Crippen LogP contribution in [0.2, 0.25) is 0 Å². The molecule has 0 spiro atoms. The van der Waals surface area contributed by atoms with E-state index in [0.29, 0.717) is 29.0 Å². The summed E-state index contributed by atoms with van der Waals surface area (Å²) in [5, 5.41) is 17.5. The van der Waals surface area contributed by atoms with Crippen molar-refractivity contribution in [3.63, 3.8) is 0 Å². The Kier molecular flexibility index (Phi) is 9.06. The van der Waals surface area contributed by atoms with Gasteiger partial charge in [-0.15, -0.1) is 0 Å². The van der Waals surface area contributed by atoms with Gasteiger partial charge in [0.15, 0.2) is 5.65 Å². The van der Waals surface area contributed by atoms with E-state index < -0.39 is 0 Å². The molecular weight excluding hydrogens is 540 g/mol. The minimum Gasteiger partial charge on any atom is -0.367 e. The molecule has 1 saturated carbocycles. The number of nitrogens with one attached hydrogen (secondary N) is 4. The highest BCUT2D eigenvalue weighted by Crippen LogP contribution is 2.29. The number of anilines is 5. The smallest absolute Gasteiger partial charge is 0.255 e. The molecule has 10 nitrogen and oxygen atoms in total. The summed E-state index contributed by atoms with van der Waals surface area (Å²) in [7, 11) is 4.31. The number of nitrogens with zero attached hydrogens (tertiary/aromatic N) is 4. The first kappa shape index (κ1) is 29.8. The van der Waals surface area contributed by atoms with Crippen LogP contribution in [0.15, 0.2) is 73.4 Å². The molecule has 1 aliphatic carbocycles. The minimum absolute atomic E-state index is 0.255. The van der Waals surface area contributed by atoms with Gasteiger partial charge in [-0.3, -0.25) is 9.59 Å². The second-order valence-corrected chi connectivity index (χ2v) is 11.6. The first-order valence-corrected chi connectivity index (χ1v) is 14.7. The largest absolute Gasteiger partial charge is 0.367 e. The van der Waals surface area contributed by atoms with Crippen molar-refractivity contribution in [2.75, 3.05) is 35.4 Å². The Bertz CT molecular complexity index is 1600. The molecule has 0 bridgehead atoms. The number of carbonyl (C=O) groups is 2. The van der Waals surface area contributed by atoms with Crippen LogP contribution in [0.25, 0.3) is 5.65 Å². The number of fused-ring (bicyclic) bond motifs is 1. The predicted octanol–water partition coefficient (Wildman–Crippen LogP) is 6.26. The standard InChI is InChI=1S/C33H40N8O2/c1-6-31(42)37-24-12-10-22(11-13-24)33(43)38-26-9-7-8-25(18-26)36-30-19-29(35-23-14-16-27(17-15-23)40(4)5)39-32-28(21(2)3)20-34-41(30)32/h6-13,18-21,23,27,36H,1,14-17H2,2-5H3,(H,35,39)(H,37,42)(H,38,43)/t23-,27-. The number of carbonyl (C=O) groups excluding carboxylic acids is 2. The Morgan fingerprint density at radius 2 is 1.70 bits per heavy atom. The molecule has 224 valence electrons. The van der Waals surface area contributed by atoms with E-state index in [2.05, 4.69) is 65.8 Å². The molecule has 4 N–H and O–H groups in total. The molecule has 2 amide bonds. The highest BCUT2D eigenvalue weighted by molar-refractivity contribution is 6.05. The molecule has 10 heteroatoms. The van der Waals surface area contributed by atoms with Gasteiger partial charge in [0.25, 0.3) is 5.91 Å². The number of aromatic nitrogens is 3. The van der Waals surface area contributed by atoms with Gasteiger partial charge >= 0.3 is 0 Å². The lowest BCUT2D eigenvalue weighted by atomic mass is 9.90. The zero-order valence-corrected chi connectivity index (χ0v) is 25.2. The highest BCUT2D eigenvalue weighted by Gasteiger charge is 2.23. The van der Waals surface area contributed by atoms with Crippen LogP contribution in [-0.2, 0) is 4.79 Å². The molecule has 0 aliphatic heterocycles. The molecule has 2 heterocycles. The van der Waals surface area contributed by atoms with Gasteiger partial charge in [-0.1, -0.05) is 26.5 Å². The fraction of sp³-hybridized carbons (Fsp3) is 0.333. The molecule has 0 saturated heterocycles. The van der Waals surface area contributed by atoms with E-state index >= 15 is 0 Å². The van der Waals surface area contributed by atoms with Crippen molar-refractivity contribution in [1.29, 1.82) is 0 Å². The van der Waals surface area contributed by atoms with Crippen molar-refractivity contribution in [3.8, 4) is 0 Å². The Morgan fingerprint density at radius 1 is 0.977 bits per heavy atom. The summed E-state index contributed by atoms with van der Waals surface area (Å²) in [6.07, 6.45) is 7.61. The third-order valence-corrected chi connectivity index (χ3v) is 7.89. The monoisotopic (exact) mass is 580 g/mol. The topological polar surface area (TPSA) is 116 Å². The van der Waals surface area contributed by atoms with Crippen molar-refractivity contribution in [2.45, 2.75) is 57.5 Å². The lowest BCUT2D eigenvalue weighted by Crippen LogP contribution is -2.36. The van der Waals surface area contributed by atoms with Crippen molar-refractivity contribution in [1.82, 2.24) is 19.5 Å². The molecule has 2 aromatic carbocycles. The average Bonchev–Trinajstić information content (AvgIpc) is 3.43.